The first-order chi connectivity index (χ1) is 15.2. The summed E-state index contributed by atoms with van der Waals surface area (Å²) in [6.45, 7) is 1.15. The highest BCUT2D eigenvalue weighted by atomic mass is 32.1. The van der Waals surface area contributed by atoms with Crippen molar-refractivity contribution in [2.45, 2.75) is 31.4 Å². The van der Waals surface area contributed by atoms with Crippen LogP contribution in [0, 0.1) is 0 Å². The van der Waals surface area contributed by atoms with Crippen molar-refractivity contribution in [3.63, 3.8) is 0 Å². The molecule has 0 spiro atoms. The van der Waals surface area contributed by atoms with Crippen LogP contribution in [0.25, 0.3) is 0 Å². The number of nitrogens with zero attached hydrogens (tertiary/aromatic N) is 2. The molecule has 3 heterocycles. The molecule has 1 aromatic carbocycles. The molecular formula is C24H25N3O3S. The van der Waals surface area contributed by atoms with E-state index in [1.807, 2.05) is 53.9 Å². The molecule has 1 aliphatic rings. The topological polar surface area (TPSA) is 71.5 Å². The minimum absolute atomic E-state index is 0.0190. The first kappa shape index (κ1) is 21.2. The van der Waals surface area contributed by atoms with Crippen molar-refractivity contribution in [2.75, 3.05) is 18.1 Å². The second-order valence-corrected chi connectivity index (χ2v) is 8.46. The average molecular weight is 436 g/mol. The van der Waals surface area contributed by atoms with Crippen LogP contribution in [-0.2, 0) is 20.7 Å². The van der Waals surface area contributed by atoms with Crippen LogP contribution < -0.4 is 10.2 Å². The highest BCUT2D eigenvalue weighted by molar-refractivity contribution is 7.10. The van der Waals surface area contributed by atoms with Crippen LogP contribution in [0.5, 0.6) is 0 Å². The van der Waals surface area contributed by atoms with E-state index in [2.05, 4.69) is 10.3 Å². The molecule has 160 valence electrons. The second kappa shape index (κ2) is 10.3. The van der Waals surface area contributed by atoms with Gasteiger partial charge in [0.2, 0.25) is 11.8 Å². The van der Waals surface area contributed by atoms with Crippen LogP contribution >= 0.6 is 11.3 Å². The Bertz CT molecular complexity index is 974. The normalized spacial score (nSPS) is 16.6. The van der Waals surface area contributed by atoms with E-state index in [1.54, 1.807) is 23.4 Å². The molecule has 2 aromatic heterocycles. The van der Waals surface area contributed by atoms with Crippen LogP contribution in [0.2, 0.25) is 0 Å². The lowest BCUT2D eigenvalue weighted by Crippen LogP contribution is -2.46. The van der Waals surface area contributed by atoms with Gasteiger partial charge in [-0.25, -0.2) is 0 Å². The Balaban J connectivity index is 1.66. The van der Waals surface area contributed by atoms with E-state index in [0.717, 1.165) is 24.3 Å². The Morgan fingerprint density at radius 2 is 2.03 bits per heavy atom. The molecule has 2 amide bonds. The lowest BCUT2D eigenvalue weighted by atomic mass is 10.0. The van der Waals surface area contributed by atoms with Crippen LogP contribution in [0.1, 0.15) is 29.3 Å². The third kappa shape index (κ3) is 5.37. The van der Waals surface area contributed by atoms with Gasteiger partial charge in [-0.3, -0.25) is 19.5 Å². The number of hydrogen-bond donors (Lipinski definition) is 1. The lowest BCUT2D eigenvalue weighted by Gasteiger charge is -2.31. The summed E-state index contributed by atoms with van der Waals surface area (Å²) in [7, 11) is 0. The number of benzene rings is 1. The van der Waals surface area contributed by atoms with Gasteiger partial charge in [-0.1, -0.05) is 30.3 Å². The molecule has 6 nitrogen and oxygen atoms in total. The standard InChI is InChI=1S/C24H25N3O3S/c28-22(15-21-11-6-14-31-21)27(19-8-2-1-3-9-19)23(18-7-4-12-25-16-18)24(29)26-17-20-10-5-13-30-20/h1-4,6-9,11-12,14,16,20,23H,5,10,13,15,17H2,(H,26,29)/t20-,23-/m0/s1. The Labute approximate surface area is 185 Å². The van der Waals surface area contributed by atoms with E-state index in [4.69, 9.17) is 4.74 Å². The highest BCUT2D eigenvalue weighted by Crippen LogP contribution is 2.29. The van der Waals surface area contributed by atoms with Crippen LogP contribution in [0.15, 0.2) is 72.4 Å². The van der Waals surface area contributed by atoms with Gasteiger partial charge < -0.3 is 10.1 Å². The number of nitrogens with one attached hydrogen (secondary N) is 1. The van der Waals surface area contributed by atoms with Gasteiger partial charge in [0.1, 0.15) is 6.04 Å². The number of carbonyl (C=O) groups excluding carboxylic acids is 2. The SMILES string of the molecule is O=C(NC[C@@H]1CCCO1)[C@H](c1cccnc1)N(C(=O)Cc1cccs1)c1ccccc1. The third-order valence-electron chi connectivity index (χ3n) is 5.24. The van der Waals surface area contributed by atoms with Crippen molar-refractivity contribution in [3.05, 3.63) is 82.8 Å². The first-order valence-electron chi connectivity index (χ1n) is 10.4. The molecule has 7 heteroatoms. The first-order valence-corrected chi connectivity index (χ1v) is 11.3. The maximum Gasteiger partial charge on any atom is 0.247 e. The summed E-state index contributed by atoms with van der Waals surface area (Å²) >= 11 is 1.53. The van der Waals surface area contributed by atoms with Gasteiger partial charge in [0.15, 0.2) is 0 Å². The maximum atomic E-state index is 13.5. The molecule has 0 saturated carbocycles. The molecule has 0 radical (unpaired) electrons. The molecule has 1 N–H and O–H groups in total. The van der Waals surface area contributed by atoms with Crippen molar-refractivity contribution in [3.8, 4) is 0 Å². The molecule has 1 fully saturated rings. The maximum absolute atomic E-state index is 13.5. The molecule has 0 aliphatic carbocycles. The van der Waals surface area contributed by atoms with Gasteiger partial charge in [-0.15, -0.1) is 11.3 Å². The zero-order valence-electron chi connectivity index (χ0n) is 17.1. The van der Waals surface area contributed by atoms with Crippen LogP contribution in [-0.4, -0.2) is 36.1 Å². The largest absolute Gasteiger partial charge is 0.376 e. The Morgan fingerprint density at radius 1 is 1.16 bits per heavy atom. The second-order valence-electron chi connectivity index (χ2n) is 7.42. The summed E-state index contributed by atoms with van der Waals surface area (Å²) in [4.78, 5) is 33.7. The molecule has 1 aliphatic heterocycles. The van der Waals surface area contributed by atoms with Gasteiger partial charge >= 0.3 is 0 Å². The van der Waals surface area contributed by atoms with Crippen LogP contribution in [0.4, 0.5) is 5.69 Å². The third-order valence-corrected chi connectivity index (χ3v) is 6.12. The summed E-state index contributed by atoms with van der Waals surface area (Å²) < 4.78 is 5.65. The summed E-state index contributed by atoms with van der Waals surface area (Å²) in [6, 6.07) is 16.0. The van der Waals surface area contributed by atoms with Crippen molar-refractivity contribution in [1.82, 2.24) is 10.3 Å². The van der Waals surface area contributed by atoms with E-state index in [0.29, 0.717) is 17.8 Å². The quantitative estimate of drug-likeness (QED) is 0.585. The van der Waals surface area contributed by atoms with Crippen molar-refractivity contribution in [2.24, 2.45) is 0 Å². The number of amides is 2. The summed E-state index contributed by atoms with van der Waals surface area (Å²) in [5, 5.41) is 4.95. The lowest BCUT2D eigenvalue weighted by molar-refractivity contribution is -0.126. The van der Waals surface area contributed by atoms with Crippen LogP contribution in [0.3, 0.4) is 0 Å². The summed E-state index contributed by atoms with van der Waals surface area (Å²) in [5.74, 6) is -0.387. The summed E-state index contributed by atoms with van der Waals surface area (Å²) in [5.41, 5.74) is 1.33. The fourth-order valence-electron chi connectivity index (χ4n) is 3.74. The Kier molecular flexibility index (Phi) is 7.07. The minimum atomic E-state index is -0.829. The molecule has 31 heavy (non-hydrogen) atoms. The summed E-state index contributed by atoms with van der Waals surface area (Å²) in [6.07, 6.45) is 5.48. The van der Waals surface area contributed by atoms with Gasteiger partial charge in [-0.05, 0) is 42.5 Å². The number of hydrogen-bond acceptors (Lipinski definition) is 5. The average Bonchev–Trinajstić information content (AvgIpc) is 3.51. The van der Waals surface area contributed by atoms with E-state index < -0.39 is 6.04 Å². The monoisotopic (exact) mass is 435 g/mol. The molecule has 0 unspecified atom stereocenters. The highest BCUT2D eigenvalue weighted by Gasteiger charge is 2.33. The number of aromatic nitrogens is 1. The Morgan fingerprint density at radius 3 is 2.71 bits per heavy atom. The van der Waals surface area contributed by atoms with E-state index in [1.165, 1.54) is 11.3 Å². The number of carbonyl (C=O) groups is 2. The fraction of sp³-hybridized carbons (Fsp3) is 0.292. The number of rotatable bonds is 8. The molecule has 0 bridgehead atoms. The number of ether oxygens (including phenoxy) is 1. The number of anilines is 1. The molecule has 3 aromatic rings. The molecule has 4 rings (SSSR count). The zero-order chi connectivity index (χ0) is 21.5. The predicted octanol–water partition coefficient (Wildman–Crippen LogP) is 3.76. The van der Waals surface area contributed by atoms with E-state index in [-0.39, 0.29) is 24.3 Å². The molecule has 1 saturated heterocycles. The van der Waals surface area contributed by atoms with Gasteiger partial charge in [0, 0.05) is 41.7 Å². The predicted molar refractivity (Wildman–Crippen MR) is 121 cm³/mol. The van der Waals surface area contributed by atoms with Crippen molar-refractivity contribution >= 4 is 28.8 Å². The van der Waals surface area contributed by atoms with Crippen molar-refractivity contribution < 1.29 is 14.3 Å². The number of thiophene rings is 1. The smallest absolute Gasteiger partial charge is 0.247 e. The van der Waals surface area contributed by atoms with E-state index >= 15 is 0 Å². The van der Waals surface area contributed by atoms with Gasteiger partial charge in [0.25, 0.3) is 0 Å². The van der Waals surface area contributed by atoms with E-state index in [9.17, 15) is 9.59 Å². The minimum Gasteiger partial charge on any atom is -0.376 e. The Hall–Kier alpha value is -3.03. The van der Waals surface area contributed by atoms with Gasteiger partial charge in [0.05, 0.1) is 12.5 Å². The zero-order valence-corrected chi connectivity index (χ0v) is 18.0. The fourth-order valence-corrected chi connectivity index (χ4v) is 4.44. The number of para-hydroxylation sites is 1. The number of pyridine rings is 1. The van der Waals surface area contributed by atoms with Gasteiger partial charge in [-0.2, -0.15) is 0 Å². The molecule has 2 atom stereocenters. The van der Waals surface area contributed by atoms with Crippen molar-refractivity contribution in [1.29, 1.82) is 0 Å². The molecular weight excluding hydrogens is 410 g/mol.